The van der Waals surface area contributed by atoms with Gasteiger partial charge in [-0.15, -0.1) is 0 Å². The Morgan fingerprint density at radius 3 is 2.23 bits per heavy atom. The largest absolute Gasteiger partial charge is 0.323 e. The van der Waals surface area contributed by atoms with Crippen molar-refractivity contribution >= 4 is 11.8 Å². The Morgan fingerprint density at radius 2 is 1.73 bits per heavy atom. The van der Waals surface area contributed by atoms with Crippen LogP contribution >= 0.6 is 11.8 Å². The van der Waals surface area contributed by atoms with Crippen LogP contribution in [0.2, 0.25) is 0 Å². The first kappa shape index (κ1) is 17.1. The van der Waals surface area contributed by atoms with Crippen LogP contribution in [0.15, 0.2) is 28.1 Å². The highest BCUT2D eigenvalue weighted by Gasteiger charge is 2.19. The Bertz CT molecular complexity index is 621. The zero-order valence-corrected chi connectivity index (χ0v) is 15.5. The van der Waals surface area contributed by atoms with Gasteiger partial charge >= 0.3 is 0 Å². The summed E-state index contributed by atoms with van der Waals surface area (Å²) in [6.07, 6.45) is 2.20. The van der Waals surface area contributed by atoms with Crippen molar-refractivity contribution in [2.45, 2.75) is 76.8 Å². The number of benzene rings is 1. The summed E-state index contributed by atoms with van der Waals surface area (Å²) in [6.45, 7) is 14.2. The molecule has 0 N–H and O–H groups in total. The molecule has 1 aromatic carbocycles. The van der Waals surface area contributed by atoms with Gasteiger partial charge in [-0.25, -0.2) is 4.98 Å². The fraction of sp³-hybridized carbons (Fsp3) is 0.526. The lowest BCUT2D eigenvalue weighted by atomic mass is 10.1. The smallest absolute Gasteiger partial charge is 0.109 e. The third kappa shape index (κ3) is 3.75. The van der Waals surface area contributed by atoms with Crippen LogP contribution in [-0.4, -0.2) is 9.55 Å². The molecule has 2 rings (SSSR count). The Labute approximate surface area is 139 Å². The van der Waals surface area contributed by atoms with E-state index in [9.17, 15) is 0 Å². The van der Waals surface area contributed by atoms with Gasteiger partial charge in [-0.05, 0) is 56.4 Å². The molecule has 3 heteroatoms. The van der Waals surface area contributed by atoms with Gasteiger partial charge in [0.15, 0.2) is 0 Å². The normalized spacial score (nSPS) is 11.4. The van der Waals surface area contributed by atoms with Crippen LogP contribution in [0.1, 0.15) is 62.7 Å². The van der Waals surface area contributed by atoms with Crippen LogP contribution in [-0.2, 0) is 13.0 Å². The lowest BCUT2D eigenvalue weighted by Gasteiger charge is -2.12. The van der Waals surface area contributed by atoms with Crippen LogP contribution in [0.3, 0.4) is 0 Å². The van der Waals surface area contributed by atoms with Crippen molar-refractivity contribution in [2.75, 3.05) is 0 Å². The van der Waals surface area contributed by atoms with Crippen molar-refractivity contribution in [1.82, 2.24) is 9.55 Å². The fourth-order valence-corrected chi connectivity index (χ4v) is 4.27. The number of hydrogen-bond donors (Lipinski definition) is 0. The molecular weight excluding hydrogens is 288 g/mol. The van der Waals surface area contributed by atoms with Gasteiger partial charge in [0.1, 0.15) is 10.9 Å². The zero-order chi connectivity index (χ0) is 16.3. The van der Waals surface area contributed by atoms with Crippen molar-refractivity contribution in [3.8, 4) is 0 Å². The molecule has 0 amide bonds. The van der Waals surface area contributed by atoms with Crippen molar-refractivity contribution in [1.29, 1.82) is 0 Å². The highest BCUT2D eigenvalue weighted by molar-refractivity contribution is 7.99. The van der Waals surface area contributed by atoms with E-state index >= 15 is 0 Å². The molecule has 0 aliphatic rings. The number of rotatable bonds is 6. The molecule has 120 valence electrons. The van der Waals surface area contributed by atoms with E-state index in [-0.39, 0.29) is 0 Å². The lowest BCUT2D eigenvalue weighted by Crippen LogP contribution is -2.03. The third-order valence-corrected chi connectivity index (χ3v) is 4.87. The van der Waals surface area contributed by atoms with Gasteiger partial charge in [0.05, 0.1) is 5.69 Å². The molecule has 1 heterocycles. The molecule has 0 bridgehead atoms. The first-order chi connectivity index (χ1) is 10.5. The van der Waals surface area contributed by atoms with Crippen LogP contribution in [0.25, 0.3) is 0 Å². The molecule has 0 aliphatic heterocycles. The first-order valence-corrected chi connectivity index (χ1v) is 9.13. The average molecular weight is 317 g/mol. The van der Waals surface area contributed by atoms with Crippen molar-refractivity contribution in [2.24, 2.45) is 0 Å². The van der Waals surface area contributed by atoms with E-state index in [1.54, 1.807) is 0 Å². The predicted octanol–water partition coefficient (Wildman–Crippen LogP) is 5.75. The van der Waals surface area contributed by atoms with E-state index in [1.807, 2.05) is 11.8 Å². The summed E-state index contributed by atoms with van der Waals surface area (Å²) in [6, 6.07) is 6.77. The maximum absolute atomic E-state index is 4.95. The molecule has 1 aromatic heterocycles. The number of hydrogen-bond acceptors (Lipinski definition) is 2. The zero-order valence-electron chi connectivity index (χ0n) is 14.7. The summed E-state index contributed by atoms with van der Waals surface area (Å²) in [5.74, 6) is 1.69. The molecule has 22 heavy (non-hydrogen) atoms. The van der Waals surface area contributed by atoms with E-state index in [1.165, 1.54) is 32.6 Å². The van der Waals surface area contributed by atoms with E-state index < -0.39 is 0 Å². The summed E-state index contributed by atoms with van der Waals surface area (Å²) in [5.41, 5.74) is 3.89. The highest BCUT2D eigenvalue weighted by atomic mass is 32.2. The van der Waals surface area contributed by atoms with Gasteiger partial charge < -0.3 is 4.57 Å². The highest BCUT2D eigenvalue weighted by Crippen LogP contribution is 2.35. The maximum atomic E-state index is 4.95. The SMILES string of the molecule is CCCc1nc(C(C)C)c(Sc2cc(C)cc(C)c2)n1CC. The average Bonchev–Trinajstić information content (AvgIpc) is 2.76. The summed E-state index contributed by atoms with van der Waals surface area (Å²) in [7, 11) is 0. The monoisotopic (exact) mass is 316 g/mol. The Hall–Kier alpha value is -1.22. The second kappa shape index (κ2) is 7.36. The Balaban J connectivity index is 2.47. The number of aromatic nitrogens is 2. The minimum atomic E-state index is 0.455. The summed E-state index contributed by atoms with van der Waals surface area (Å²) in [5, 5.41) is 1.32. The van der Waals surface area contributed by atoms with Crippen molar-refractivity contribution in [3.63, 3.8) is 0 Å². The molecule has 2 aromatic rings. The van der Waals surface area contributed by atoms with Crippen molar-refractivity contribution in [3.05, 3.63) is 40.8 Å². The van der Waals surface area contributed by atoms with E-state index in [0.717, 1.165) is 19.4 Å². The minimum Gasteiger partial charge on any atom is -0.323 e. The standard InChI is InChI=1S/C19H28N2S/c1-7-9-17-20-18(13(3)4)19(21(17)8-2)22-16-11-14(5)10-15(6)12-16/h10-13H,7-9H2,1-6H3. The molecule has 0 fully saturated rings. The predicted molar refractivity (Wildman–Crippen MR) is 96.0 cm³/mol. The van der Waals surface area contributed by atoms with Crippen LogP contribution in [0, 0.1) is 13.8 Å². The molecule has 0 saturated heterocycles. The first-order valence-electron chi connectivity index (χ1n) is 8.31. The van der Waals surface area contributed by atoms with Crippen LogP contribution in [0.4, 0.5) is 0 Å². The second-order valence-corrected chi connectivity index (χ2v) is 7.36. The van der Waals surface area contributed by atoms with Gasteiger partial charge in [0.2, 0.25) is 0 Å². The second-order valence-electron chi connectivity index (χ2n) is 6.29. The summed E-state index contributed by atoms with van der Waals surface area (Å²) in [4.78, 5) is 6.27. The quantitative estimate of drug-likeness (QED) is 0.675. The van der Waals surface area contributed by atoms with Gasteiger partial charge in [-0.1, -0.05) is 38.6 Å². The molecular formula is C19H28N2S. The third-order valence-electron chi connectivity index (χ3n) is 3.77. The maximum Gasteiger partial charge on any atom is 0.109 e. The molecule has 0 saturated carbocycles. The Kier molecular flexibility index (Phi) is 5.74. The van der Waals surface area contributed by atoms with Gasteiger partial charge in [-0.3, -0.25) is 0 Å². The van der Waals surface area contributed by atoms with Crippen molar-refractivity contribution < 1.29 is 0 Å². The number of nitrogens with zero attached hydrogens (tertiary/aromatic N) is 2. The van der Waals surface area contributed by atoms with E-state index in [0.29, 0.717) is 5.92 Å². The summed E-state index contributed by atoms with van der Waals surface area (Å²) >= 11 is 1.87. The van der Waals surface area contributed by atoms with Crippen LogP contribution < -0.4 is 0 Å². The van der Waals surface area contributed by atoms with Gasteiger partial charge in [-0.2, -0.15) is 0 Å². The summed E-state index contributed by atoms with van der Waals surface area (Å²) < 4.78 is 2.40. The Morgan fingerprint density at radius 1 is 1.09 bits per heavy atom. The van der Waals surface area contributed by atoms with Gasteiger partial charge in [0, 0.05) is 17.9 Å². The molecule has 0 spiro atoms. The molecule has 2 nitrogen and oxygen atoms in total. The molecule has 0 aliphatic carbocycles. The molecule has 0 unspecified atom stereocenters. The topological polar surface area (TPSA) is 17.8 Å². The van der Waals surface area contributed by atoms with Crippen LogP contribution in [0.5, 0.6) is 0 Å². The number of imidazole rings is 1. The lowest BCUT2D eigenvalue weighted by molar-refractivity contribution is 0.636. The molecule has 0 atom stereocenters. The van der Waals surface area contributed by atoms with E-state index in [2.05, 4.69) is 64.3 Å². The number of aryl methyl sites for hydroxylation is 3. The molecule has 0 radical (unpaired) electrons. The van der Waals surface area contributed by atoms with Gasteiger partial charge in [0.25, 0.3) is 0 Å². The fourth-order valence-electron chi connectivity index (χ4n) is 2.83. The minimum absolute atomic E-state index is 0.455. The van der Waals surface area contributed by atoms with E-state index in [4.69, 9.17) is 4.98 Å².